The molecule has 2 aromatic carbocycles. The minimum atomic E-state index is -3.57. The highest BCUT2D eigenvalue weighted by molar-refractivity contribution is 7.92. The minimum Gasteiger partial charge on any atom is -0.340 e. The molecule has 8 nitrogen and oxygen atoms in total. The molecule has 1 fully saturated rings. The van der Waals surface area contributed by atoms with Gasteiger partial charge < -0.3 is 10.6 Å². The lowest BCUT2D eigenvalue weighted by Gasteiger charge is -2.34. The van der Waals surface area contributed by atoms with Gasteiger partial charge in [-0.1, -0.05) is 42.5 Å². The van der Waals surface area contributed by atoms with Crippen molar-refractivity contribution in [1.82, 2.24) is 9.80 Å². The zero-order valence-electron chi connectivity index (χ0n) is 19.0. The second-order valence-corrected chi connectivity index (χ2v) is 10.2. The van der Waals surface area contributed by atoms with Crippen LogP contribution in [-0.2, 0) is 21.4 Å². The highest BCUT2D eigenvalue weighted by Crippen LogP contribution is 2.22. The quantitative estimate of drug-likeness (QED) is 0.528. The van der Waals surface area contributed by atoms with E-state index in [1.54, 1.807) is 43.3 Å². The van der Waals surface area contributed by atoms with Gasteiger partial charge in [-0.2, -0.15) is 0 Å². The lowest BCUT2D eigenvalue weighted by Crippen LogP contribution is -2.48. The summed E-state index contributed by atoms with van der Waals surface area (Å²) in [5.41, 5.74) is 7.33. The fourth-order valence-electron chi connectivity index (χ4n) is 3.89. The number of benzene rings is 2. The number of ketones is 1. The molecular weight excluding hydrogens is 440 g/mol. The Kier molecular flexibility index (Phi) is 8.60. The molecule has 0 bridgehead atoms. The lowest BCUT2D eigenvalue weighted by molar-refractivity contribution is -0.130. The molecule has 3 rings (SSSR count). The van der Waals surface area contributed by atoms with Gasteiger partial charge in [-0.3, -0.25) is 18.8 Å². The van der Waals surface area contributed by atoms with Crippen molar-refractivity contribution in [2.75, 3.05) is 49.3 Å². The van der Waals surface area contributed by atoms with Crippen LogP contribution in [0.25, 0.3) is 0 Å². The molecule has 33 heavy (non-hydrogen) atoms. The van der Waals surface area contributed by atoms with Crippen LogP contribution in [0.1, 0.15) is 29.3 Å². The number of nitrogens with two attached hydrogens (primary N) is 1. The van der Waals surface area contributed by atoms with Gasteiger partial charge in [-0.25, -0.2) is 8.42 Å². The zero-order valence-corrected chi connectivity index (χ0v) is 19.8. The number of hydrogen-bond acceptors (Lipinski definition) is 6. The standard InChI is InChI=1S/C24H32N4O4S/c1-20(29)27-15-13-26(14-16-27)12-5-17-33(31,32)28(23-6-3-2-4-7-23)19-21-8-10-22(11-9-21)24(30)18-25/h2-4,6-11H,5,12-19,25H2,1H3. The van der Waals surface area contributed by atoms with Crippen molar-refractivity contribution in [3.05, 3.63) is 65.7 Å². The number of anilines is 1. The predicted molar refractivity (Wildman–Crippen MR) is 130 cm³/mol. The number of carbonyl (C=O) groups excluding carboxylic acids is 2. The molecule has 178 valence electrons. The molecule has 0 radical (unpaired) electrons. The summed E-state index contributed by atoms with van der Waals surface area (Å²) in [4.78, 5) is 27.3. The molecule has 0 unspecified atom stereocenters. The predicted octanol–water partition coefficient (Wildman–Crippen LogP) is 1.72. The first-order valence-electron chi connectivity index (χ1n) is 11.2. The maximum absolute atomic E-state index is 13.3. The summed E-state index contributed by atoms with van der Waals surface area (Å²) >= 11 is 0. The first kappa shape index (κ1) is 24.9. The summed E-state index contributed by atoms with van der Waals surface area (Å²) in [6.45, 7) is 5.25. The highest BCUT2D eigenvalue weighted by atomic mass is 32.2. The smallest absolute Gasteiger partial charge is 0.235 e. The van der Waals surface area contributed by atoms with E-state index in [4.69, 9.17) is 5.73 Å². The Labute approximate surface area is 196 Å². The van der Waals surface area contributed by atoms with Gasteiger partial charge in [0.05, 0.1) is 24.5 Å². The number of rotatable bonds is 10. The average Bonchev–Trinajstić information content (AvgIpc) is 2.83. The molecule has 1 aliphatic heterocycles. The Morgan fingerprint density at radius 3 is 2.18 bits per heavy atom. The fraction of sp³-hybridized carbons (Fsp3) is 0.417. The summed E-state index contributed by atoms with van der Waals surface area (Å²) in [7, 11) is -3.57. The molecule has 0 atom stereocenters. The third-order valence-electron chi connectivity index (χ3n) is 5.86. The first-order chi connectivity index (χ1) is 15.8. The SMILES string of the molecule is CC(=O)N1CCN(CCCS(=O)(=O)N(Cc2ccc(C(=O)CN)cc2)c2ccccc2)CC1. The maximum atomic E-state index is 13.3. The lowest BCUT2D eigenvalue weighted by atomic mass is 10.1. The Morgan fingerprint density at radius 1 is 0.970 bits per heavy atom. The van der Waals surface area contributed by atoms with Crippen LogP contribution in [0.5, 0.6) is 0 Å². The van der Waals surface area contributed by atoms with Crippen molar-refractivity contribution in [3.63, 3.8) is 0 Å². The van der Waals surface area contributed by atoms with Crippen LogP contribution in [-0.4, -0.2) is 74.9 Å². The van der Waals surface area contributed by atoms with Gasteiger partial charge in [0.2, 0.25) is 15.9 Å². The van der Waals surface area contributed by atoms with E-state index in [2.05, 4.69) is 4.90 Å². The van der Waals surface area contributed by atoms with E-state index in [0.29, 0.717) is 37.3 Å². The molecule has 2 aromatic rings. The largest absolute Gasteiger partial charge is 0.340 e. The zero-order chi connectivity index (χ0) is 23.8. The molecule has 0 spiro atoms. The molecule has 1 aliphatic rings. The van der Waals surface area contributed by atoms with Crippen molar-refractivity contribution in [2.45, 2.75) is 19.9 Å². The Balaban J connectivity index is 1.66. The van der Waals surface area contributed by atoms with Crippen molar-refractivity contribution >= 4 is 27.4 Å². The van der Waals surface area contributed by atoms with E-state index in [1.165, 1.54) is 4.31 Å². The van der Waals surface area contributed by atoms with Crippen molar-refractivity contribution in [1.29, 1.82) is 0 Å². The monoisotopic (exact) mass is 472 g/mol. The van der Waals surface area contributed by atoms with Crippen LogP contribution in [0, 0.1) is 0 Å². The number of para-hydroxylation sites is 1. The van der Waals surface area contributed by atoms with Gasteiger partial charge in [-0.05, 0) is 30.7 Å². The minimum absolute atomic E-state index is 0.0263. The van der Waals surface area contributed by atoms with Gasteiger partial charge in [0, 0.05) is 38.7 Å². The summed E-state index contributed by atoms with van der Waals surface area (Å²) in [6, 6.07) is 15.9. The second-order valence-electron chi connectivity index (χ2n) is 8.18. The van der Waals surface area contributed by atoms with Gasteiger partial charge in [-0.15, -0.1) is 0 Å². The Morgan fingerprint density at radius 2 is 1.61 bits per heavy atom. The fourth-order valence-corrected chi connectivity index (χ4v) is 5.39. The topological polar surface area (TPSA) is 104 Å². The van der Waals surface area contributed by atoms with Crippen LogP contribution in [0.3, 0.4) is 0 Å². The van der Waals surface area contributed by atoms with E-state index < -0.39 is 10.0 Å². The summed E-state index contributed by atoms with van der Waals surface area (Å²) in [6.07, 6.45) is 0.510. The highest BCUT2D eigenvalue weighted by Gasteiger charge is 2.24. The van der Waals surface area contributed by atoms with Crippen molar-refractivity contribution < 1.29 is 18.0 Å². The number of Topliss-reactive ketones (excluding diaryl/α,β-unsaturated/α-hetero) is 1. The molecule has 0 aromatic heterocycles. The third kappa shape index (κ3) is 6.86. The average molecular weight is 473 g/mol. The molecule has 1 heterocycles. The number of hydrogen-bond donors (Lipinski definition) is 1. The molecule has 0 saturated carbocycles. The van der Waals surface area contributed by atoms with Gasteiger partial charge >= 0.3 is 0 Å². The number of sulfonamides is 1. The first-order valence-corrected chi connectivity index (χ1v) is 12.8. The van der Waals surface area contributed by atoms with E-state index in [0.717, 1.165) is 18.7 Å². The number of nitrogens with zero attached hydrogens (tertiary/aromatic N) is 3. The molecule has 1 saturated heterocycles. The van der Waals surface area contributed by atoms with Crippen molar-refractivity contribution in [3.8, 4) is 0 Å². The van der Waals surface area contributed by atoms with Crippen LogP contribution < -0.4 is 10.0 Å². The summed E-state index contributed by atoms with van der Waals surface area (Å²) in [5, 5.41) is 0. The van der Waals surface area contributed by atoms with Crippen LogP contribution in [0.2, 0.25) is 0 Å². The van der Waals surface area contributed by atoms with Gasteiger partial charge in [0.1, 0.15) is 0 Å². The summed E-state index contributed by atoms with van der Waals surface area (Å²) in [5.74, 6) is -0.0483. The molecular formula is C24H32N4O4S. The van der Waals surface area contributed by atoms with E-state index in [9.17, 15) is 18.0 Å². The van der Waals surface area contributed by atoms with E-state index in [-0.39, 0.29) is 30.5 Å². The maximum Gasteiger partial charge on any atom is 0.235 e. The van der Waals surface area contributed by atoms with Crippen LogP contribution in [0.4, 0.5) is 5.69 Å². The number of carbonyl (C=O) groups is 2. The Hall–Kier alpha value is -2.75. The van der Waals surface area contributed by atoms with Crippen LogP contribution in [0.15, 0.2) is 54.6 Å². The van der Waals surface area contributed by atoms with Crippen LogP contribution >= 0.6 is 0 Å². The Bertz CT molecular complexity index is 1030. The van der Waals surface area contributed by atoms with Gasteiger partial charge in [0.25, 0.3) is 0 Å². The number of piperazine rings is 1. The molecule has 2 N–H and O–H groups in total. The molecule has 9 heteroatoms. The third-order valence-corrected chi connectivity index (χ3v) is 7.68. The molecule has 0 aliphatic carbocycles. The summed E-state index contributed by atoms with van der Waals surface area (Å²) < 4.78 is 28.1. The second kappa shape index (κ2) is 11.4. The molecule has 1 amide bonds. The normalized spacial score (nSPS) is 14.8. The number of amides is 1. The van der Waals surface area contributed by atoms with Gasteiger partial charge in [0.15, 0.2) is 5.78 Å². The van der Waals surface area contributed by atoms with E-state index >= 15 is 0 Å². The van der Waals surface area contributed by atoms with E-state index in [1.807, 2.05) is 23.1 Å². The van der Waals surface area contributed by atoms with Crippen molar-refractivity contribution in [2.24, 2.45) is 5.73 Å².